The minimum absolute atomic E-state index is 0.120. The lowest BCUT2D eigenvalue weighted by Crippen LogP contribution is -2.48. The van der Waals surface area contributed by atoms with Crippen molar-refractivity contribution in [2.24, 2.45) is 0 Å². The molecule has 1 atom stereocenters. The van der Waals surface area contributed by atoms with E-state index >= 15 is 0 Å². The van der Waals surface area contributed by atoms with Gasteiger partial charge in [-0.15, -0.1) is 11.3 Å². The second kappa shape index (κ2) is 8.50. The standard InChI is InChI=1S/C22H24ClN3O4S/c23-15-6-4-14(5-7-15)19(27)25-21-24-18-16(2-1-3-17(18)31-21)20(28)26-10-8-22(9-11-26)29-12-13-30-22/h4-7,16H,1-3,8-13H2,(H,24,25,27). The zero-order valence-corrected chi connectivity index (χ0v) is 18.6. The Morgan fingerprint density at radius 2 is 1.87 bits per heavy atom. The second-order valence-corrected chi connectivity index (χ2v) is 9.69. The molecule has 2 aliphatic heterocycles. The van der Waals surface area contributed by atoms with Gasteiger partial charge in [0, 0.05) is 41.4 Å². The highest BCUT2D eigenvalue weighted by atomic mass is 35.5. The van der Waals surface area contributed by atoms with Crippen molar-refractivity contribution >= 4 is 39.9 Å². The van der Waals surface area contributed by atoms with Gasteiger partial charge in [0.15, 0.2) is 10.9 Å². The van der Waals surface area contributed by atoms with Crippen molar-refractivity contribution in [3.63, 3.8) is 0 Å². The molecule has 31 heavy (non-hydrogen) atoms. The first-order valence-electron chi connectivity index (χ1n) is 10.7. The number of likely N-dealkylation sites (tertiary alicyclic amines) is 1. The lowest BCUT2D eigenvalue weighted by Gasteiger charge is -2.39. The Balaban J connectivity index is 1.28. The van der Waals surface area contributed by atoms with Crippen molar-refractivity contribution in [3.05, 3.63) is 45.4 Å². The molecule has 1 aromatic heterocycles. The van der Waals surface area contributed by atoms with Crippen LogP contribution >= 0.6 is 22.9 Å². The van der Waals surface area contributed by atoms with E-state index in [0.717, 1.165) is 29.8 Å². The molecule has 2 aromatic rings. The maximum absolute atomic E-state index is 13.3. The van der Waals surface area contributed by atoms with Crippen molar-refractivity contribution in [3.8, 4) is 0 Å². The summed E-state index contributed by atoms with van der Waals surface area (Å²) >= 11 is 7.36. The smallest absolute Gasteiger partial charge is 0.257 e. The molecule has 0 bridgehead atoms. The molecular formula is C22H24ClN3O4S. The van der Waals surface area contributed by atoms with Gasteiger partial charge in [-0.25, -0.2) is 4.98 Å². The number of fused-ring (bicyclic) bond motifs is 1. The van der Waals surface area contributed by atoms with Crippen LogP contribution in [0.25, 0.3) is 0 Å². The Bertz CT molecular complexity index is 977. The number of ether oxygens (including phenoxy) is 2. The number of benzene rings is 1. The van der Waals surface area contributed by atoms with Gasteiger partial charge in [-0.3, -0.25) is 14.9 Å². The largest absolute Gasteiger partial charge is 0.347 e. The first-order chi connectivity index (χ1) is 15.0. The fraction of sp³-hybridized carbons (Fsp3) is 0.500. The lowest BCUT2D eigenvalue weighted by molar-refractivity contribution is -0.187. The normalized spacial score (nSPS) is 22.4. The van der Waals surface area contributed by atoms with E-state index < -0.39 is 5.79 Å². The quantitative estimate of drug-likeness (QED) is 0.751. The average Bonchev–Trinajstić information content (AvgIpc) is 3.40. The van der Waals surface area contributed by atoms with Crippen molar-refractivity contribution in [2.45, 2.75) is 43.8 Å². The number of nitrogens with one attached hydrogen (secondary N) is 1. The van der Waals surface area contributed by atoms with Crippen LogP contribution < -0.4 is 5.32 Å². The summed E-state index contributed by atoms with van der Waals surface area (Å²) in [6, 6.07) is 6.72. The van der Waals surface area contributed by atoms with Gasteiger partial charge in [-0.2, -0.15) is 0 Å². The van der Waals surface area contributed by atoms with Crippen LogP contribution in [0.3, 0.4) is 0 Å². The average molecular weight is 462 g/mol. The summed E-state index contributed by atoms with van der Waals surface area (Å²) in [6.45, 7) is 2.52. The molecule has 1 aliphatic carbocycles. The van der Waals surface area contributed by atoms with Gasteiger partial charge >= 0.3 is 0 Å². The summed E-state index contributed by atoms with van der Waals surface area (Å²) in [5, 5.41) is 3.99. The lowest BCUT2D eigenvalue weighted by atomic mass is 9.89. The highest BCUT2D eigenvalue weighted by molar-refractivity contribution is 7.16. The Hall–Kier alpha value is -2.00. The zero-order chi connectivity index (χ0) is 21.4. The molecular weight excluding hydrogens is 438 g/mol. The summed E-state index contributed by atoms with van der Waals surface area (Å²) in [6.07, 6.45) is 4.03. The molecule has 2 amide bonds. The van der Waals surface area contributed by atoms with E-state index in [1.807, 2.05) is 4.90 Å². The van der Waals surface area contributed by atoms with Crippen LogP contribution in [0, 0.1) is 0 Å². The Kier molecular flexibility index (Phi) is 5.73. The fourth-order valence-corrected chi connectivity index (χ4v) is 5.74. The number of amides is 2. The van der Waals surface area contributed by atoms with Crippen LogP contribution in [0.1, 0.15) is 52.5 Å². The van der Waals surface area contributed by atoms with E-state index in [1.165, 1.54) is 11.3 Å². The van der Waals surface area contributed by atoms with Gasteiger partial charge in [0.25, 0.3) is 5.91 Å². The van der Waals surface area contributed by atoms with Crippen LogP contribution in [-0.2, 0) is 20.7 Å². The number of thiazole rings is 1. The molecule has 3 heterocycles. The Morgan fingerprint density at radius 1 is 1.16 bits per heavy atom. The molecule has 0 saturated carbocycles. The maximum atomic E-state index is 13.3. The number of carbonyl (C=O) groups is 2. The summed E-state index contributed by atoms with van der Waals surface area (Å²) in [7, 11) is 0. The van der Waals surface area contributed by atoms with Crippen LogP contribution in [-0.4, -0.2) is 53.8 Å². The van der Waals surface area contributed by atoms with E-state index in [9.17, 15) is 9.59 Å². The Labute approximate surface area is 189 Å². The van der Waals surface area contributed by atoms with Crippen LogP contribution in [0.4, 0.5) is 5.13 Å². The maximum Gasteiger partial charge on any atom is 0.257 e. The molecule has 0 radical (unpaired) electrons. The number of rotatable bonds is 3. The fourth-order valence-electron chi connectivity index (χ4n) is 4.56. The van der Waals surface area contributed by atoms with E-state index in [1.54, 1.807) is 24.3 Å². The summed E-state index contributed by atoms with van der Waals surface area (Å²) in [5.74, 6) is -0.854. The van der Waals surface area contributed by atoms with Gasteiger partial charge < -0.3 is 14.4 Å². The number of aromatic nitrogens is 1. The monoisotopic (exact) mass is 461 g/mol. The number of anilines is 1. The molecule has 1 N–H and O–H groups in total. The first-order valence-corrected chi connectivity index (χ1v) is 11.9. The number of halogens is 1. The highest BCUT2D eigenvalue weighted by Gasteiger charge is 2.42. The molecule has 164 valence electrons. The first kappa shape index (κ1) is 20.9. The minimum atomic E-state index is -0.492. The summed E-state index contributed by atoms with van der Waals surface area (Å²) in [5.41, 5.74) is 1.34. The molecule has 2 fully saturated rings. The van der Waals surface area contributed by atoms with Gasteiger partial charge in [-0.1, -0.05) is 11.6 Å². The van der Waals surface area contributed by atoms with Gasteiger partial charge in [0.2, 0.25) is 5.91 Å². The summed E-state index contributed by atoms with van der Waals surface area (Å²) in [4.78, 5) is 33.5. The molecule has 1 spiro atoms. The van der Waals surface area contributed by atoms with E-state index in [2.05, 4.69) is 10.3 Å². The van der Waals surface area contributed by atoms with Crippen LogP contribution in [0.15, 0.2) is 24.3 Å². The van der Waals surface area contributed by atoms with Crippen molar-refractivity contribution in [1.82, 2.24) is 9.88 Å². The van der Waals surface area contributed by atoms with E-state index in [-0.39, 0.29) is 17.7 Å². The molecule has 9 heteroatoms. The topological polar surface area (TPSA) is 80.8 Å². The third-order valence-electron chi connectivity index (χ3n) is 6.23. The summed E-state index contributed by atoms with van der Waals surface area (Å²) < 4.78 is 11.6. The van der Waals surface area contributed by atoms with Crippen LogP contribution in [0.5, 0.6) is 0 Å². The Morgan fingerprint density at radius 3 is 2.58 bits per heavy atom. The van der Waals surface area contributed by atoms with Crippen LogP contribution in [0.2, 0.25) is 5.02 Å². The zero-order valence-electron chi connectivity index (χ0n) is 17.1. The number of carbonyl (C=O) groups excluding carboxylic acids is 2. The predicted octanol–water partition coefficient (Wildman–Crippen LogP) is 3.83. The predicted molar refractivity (Wildman–Crippen MR) is 118 cm³/mol. The molecule has 7 nitrogen and oxygen atoms in total. The molecule has 3 aliphatic rings. The molecule has 2 saturated heterocycles. The van der Waals surface area contributed by atoms with Gasteiger partial charge in [0.05, 0.1) is 24.8 Å². The second-order valence-electron chi connectivity index (χ2n) is 8.17. The SMILES string of the molecule is O=C(Nc1nc2c(s1)CCCC2C(=O)N1CCC2(CC1)OCCO2)c1ccc(Cl)cc1. The molecule has 1 unspecified atom stereocenters. The number of piperidine rings is 1. The number of nitrogens with zero attached hydrogens (tertiary/aromatic N) is 2. The minimum Gasteiger partial charge on any atom is -0.347 e. The number of hydrogen-bond acceptors (Lipinski definition) is 6. The van der Waals surface area contributed by atoms with Crippen molar-refractivity contribution in [1.29, 1.82) is 0 Å². The highest BCUT2D eigenvalue weighted by Crippen LogP contribution is 2.39. The third kappa shape index (κ3) is 4.22. The van der Waals surface area contributed by atoms with Crippen molar-refractivity contribution in [2.75, 3.05) is 31.6 Å². The molecule has 1 aromatic carbocycles. The third-order valence-corrected chi connectivity index (χ3v) is 7.53. The van der Waals surface area contributed by atoms with Gasteiger partial charge in [-0.05, 0) is 43.5 Å². The van der Waals surface area contributed by atoms with Gasteiger partial charge in [0.1, 0.15) is 0 Å². The number of hydrogen-bond donors (Lipinski definition) is 1. The number of aryl methyl sites for hydroxylation is 1. The molecule has 5 rings (SSSR count). The van der Waals surface area contributed by atoms with E-state index in [4.69, 9.17) is 21.1 Å². The van der Waals surface area contributed by atoms with Crippen molar-refractivity contribution < 1.29 is 19.1 Å². The van der Waals surface area contributed by atoms with E-state index in [0.29, 0.717) is 54.9 Å².